The van der Waals surface area contributed by atoms with Crippen LogP contribution in [0.2, 0.25) is 0 Å². The minimum Gasteiger partial charge on any atom is -0.332 e. The Balaban J connectivity index is 1.58. The molecule has 4 aromatic heterocycles. The Hall–Kier alpha value is -3.10. The van der Waals surface area contributed by atoms with Crippen LogP contribution in [0.4, 0.5) is 0 Å². The highest BCUT2D eigenvalue weighted by Gasteiger charge is 2.26. The molecule has 32 heavy (non-hydrogen) atoms. The van der Waals surface area contributed by atoms with Gasteiger partial charge in [0.25, 0.3) is 5.91 Å². The van der Waals surface area contributed by atoms with Crippen molar-refractivity contribution in [3.8, 4) is 10.6 Å². The van der Waals surface area contributed by atoms with E-state index in [9.17, 15) is 4.79 Å². The lowest BCUT2D eigenvalue weighted by molar-refractivity contribution is 0.0744. The van der Waals surface area contributed by atoms with Gasteiger partial charge < -0.3 is 4.90 Å². The van der Waals surface area contributed by atoms with Crippen LogP contribution in [0, 0.1) is 0 Å². The lowest BCUT2D eigenvalue weighted by Crippen LogP contribution is -2.29. The molecule has 0 N–H and O–H groups in total. The average molecular weight is 462 g/mol. The maximum absolute atomic E-state index is 13.7. The SMILES string of the molecule is CC(c1nc2ccccc2s1)N(C)C(=O)c1cc(-c2cccs2)nc2c1cnn2C(C)C. The fourth-order valence-electron chi connectivity index (χ4n) is 3.72. The summed E-state index contributed by atoms with van der Waals surface area (Å²) in [6.45, 7) is 6.15. The molecule has 0 spiro atoms. The number of carbonyl (C=O) groups is 1. The molecule has 1 atom stereocenters. The molecule has 0 radical (unpaired) electrons. The number of rotatable bonds is 5. The number of hydrogen-bond acceptors (Lipinski definition) is 6. The summed E-state index contributed by atoms with van der Waals surface area (Å²) in [4.78, 5) is 26.1. The van der Waals surface area contributed by atoms with Crippen LogP contribution < -0.4 is 0 Å². The fraction of sp³-hybridized carbons (Fsp3) is 0.250. The van der Waals surface area contributed by atoms with E-state index in [1.165, 1.54) is 0 Å². The van der Waals surface area contributed by atoms with Gasteiger partial charge in [0.1, 0.15) is 5.01 Å². The lowest BCUT2D eigenvalue weighted by Gasteiger charge is -2.24. The van der Waals surface area contributed by atoms with E-state index in [-0.39, 0.29) is 18.0 Å². The van der Waals surface area contributed by atoms with Crippen molar-refractivity contribution in [2.75, 3.05) is 7.05 Å². The largest absolute Gasteiger partial charge is 0.332 e. The molecule has 4 heterocycles. The number of pyridine rings is 1. The Kier molecular flexibility index (Phi) is 5.27. The van der Waals surface area contributed by atoms with Crippen LogP contribution in [-0.4, -0.2) is 37.6 Å². The van der Waals surface area contributed by atoms with Crippen molar-refractivity contribution in [2.24, 2.45) is 0 Å². The number of carbonyl (C=O) groups excluding carboxylic acids is 1. The monoisotopic (exact) mass is 461 g/mol. The Morgan fingerprint density at radius 2 is 1.91 bits per heavy atom. The topological polar surface area (TPSA) is 63.9 Å². The molecule has 8 heteroatoms. The summed E-state index contributed by atoms with van der Waals surface area (Å²) in [5.74, 6) is -0.0646. The van der Waals surface area contributed by atoms with Crippen molar-refractivity contribution in [1.29, 1.82) is 0 Å². The molecular weight excluding hydrogens is 438 g/mol. The van der Waals surface area contributed by atoms with E-state index in [1.807, 2.05) is 60.4 Å². The van der Waals surface area contributed by atoms with E-state index < -0.39 is 0 Å². The Morgan fingerprint density at radius 3 is 2.62 bits per heavy atom. The zero-order valence-electron chi connectivity index (χ0n) is 18.3. The van der Waals surface area contributed by atoms with E-state index in [1.54, 1.807) is 33.8 Å². The Morgan fingerprint density at radius 1 is 1.09 bits per heavy atom. The summed E-state index contributed by atoms with van der Waals surface area (Å²) in [7, 11) is 1.84. The molecule has 0 saturated heterocycles. The number of fused-ring (bicyclic) bond motifs is 2. The molecule has 0 fully saturated rings. The van der Waals surface area contributed by atoms with Crippen LogP contribution in [0.1, 0.15) is 48.2 Å². The molecule has 1 unspecified atom stereocenters. The van der Waals surface area contributed by atoms with Gasteiger partial charge in [-0.1, -0.05) is 18.2 Å². The van der Waals surface area contributed by atoms with E-state index in [2.05, 4.69) is 25.0 Å². The van der Waals surface area contributed by atoms with Crippen LogP contribution in [-0.2, 0) is 0 Å². The van der Waals surface area contributed by atoms with Gasteiger partial charge in [-0.3, -0.25) is 4.79 Å². The zero-order chi connectivity index (χ0) is 22.4. The summed E-state index contributed by atoms with van der Waals surface area (Å²) >= 11 is 3.24. The van der Waals surface area contributed by atoms with Gasteiger partial charge in [-0.25, -0.2) is 14.6 Å². The Labute approximate surface area is 194 Å². The van der Waals surface area contributed by atoms with Crippen LogP contribution >= 0.6 is 22.7 Å². The van der Waals surface area contributed by atoms with E-state index in [0.29, 0.717) is 5.56 Å². The second-order valence-electron chi connectivity index (χ2n) is 8.06. The first-order valence-electron chi connectivity index (χ1n) is 10.5. The number of aromatic nitrogens is 4. The second kappa shape index (κ2) is 8.11. The first-order chi connectivity index (χ1) is 15.4. The number of nitrogens with zero attached hydrogens (tertiary/aromatic N) is 5. The summed E-state index contributed by atoms with van der Waals surface area (Å²) in [5, 5.41) is 8.24. The number of benzene rings is 1. The molecule has 5 aromatic rings. The molecule has 0 saturated carbocycles. The predicted molar refractivity (Wildman–Crippen MR) is 131 cm³/mol. The van der Waals surface area contributed by atoms with Gasteiger partial charge in [-0.05, 0) is 50.4 Å². The minimum absolute atomic E-state index is 0.0646. The van der Waals surface area contributed by atoms with Gasteiger partial charge in [0.05, 0.1) is 44.0 Å². The highest BCUT2D eigenvalue weighted by Crippen LogP contribution is 2.33. The van der Waals surface area contributed by atoms with Gasteiger partial charge in [0.15, 0.2) is 5.65 Å². The van der Waals surface area contributed by atoms with Crippen molar-refractivity contribution in [2.45, 2.75) is 32.9 Å². The number of amides is 1. The normalized spacial score (nSPS) is 12.7. The predicted octanol–water partition coefficient (Wildman–Crippen LogP) is 6.18. The molecular formula is C24H23N5OS2. The van der Waals surface area contributed by atoms with Crippen molar-refractivity contribution in [3.63, 3.8) is 0 Å². The molecule has 1 amide bonds. The van der Waals surface area contributed by atoms with Gasteiger partial charge >= 0.3 is 0 Å². The van der Waals surface area contributed by atoms with Gasteiger partial charge in [-0.15, -0.1) is 22.7 Å². The summed E-state index contributed by atoms with van der Waals surface area (Å²) in [6.07, 6.45) is 1.75. The summed E-state index contributed by atoms with van der Waals surface area (Å²) in [6, 6.07) is 14.0. The van der Waals surface area contributed by atoms with Crippen molar-refractivity contribution >= 4 is 49.8 Å². The van der Waals surface area contributed by atoms with Crippen molar-refractivity contribution < 1.29 is 4.79 Å². The Bertz CT molecular complexity index is 1380. The van der Waals surface area contributed by atoms with Crippen molar-refractivity contribution in [1.82, 2.24) is 24.6 Å². The van der Waals surface area contributed by atoms with Crippen LogP contribution in [0.15, 0.2) is 54.0 Å². The van der Waals surface area contributed by atoms with E-state index in [0.717, 1.165) is 36.8 Å². The van der Waals surface area contributed by atoms with Gasteiger partial charge in [0.2, 0.25) is 0 Å². The summed E-state index contributed by atoms with van der Waals surface area (Å²) < 4.78 is 3.00. The smallest absolute Gasteiger partial charge is 0.255 e. The second-order valence-corrected chi connectivity index (χ2v) is 10.1. The molecule has 0 bridgehead atoms. The molecule has 5 rings (SSSR count). The molecule has 1 aromatic carbocycles. The first kappa shape index (κ1) is 20.8. The summed E-state index contributed by atoms with van der Waals surface area (Å²) in [5.41, 5.74) is 3.10. The van der Waals surface area contributed by atoms with Crippen LogP contribution in [0.25, 0.3) is 31.8 Å². The fourth-order valence-corrected chi connectivity index (χ4v) is 5.47. The maximum atomic E-state index is 13.7. The molecule has 162 valence electrons. The molecule has 0 aliphatic carbocycles. The number of thiazole rings is 1. The third-order valence-electron chi connectivity index (χ3n) is 5.63. The minimum atomic E-state index is -0.159. The standard InChI is InChI=1S/C24H23N5OS2/c1-14(2)29-22-17(13-25-29)16(12-19(26-22)20-10-7-11-31-20)24(30)28(4)15(3)23-27-18-8-5-6-9-21(18)32-23/h5-15H,1-4H3. The molecule has 6 nitrogen and oxygen atoms in total. The van der Waals surface area contributed by atoms with E-state index in [4.69, 9.17) is 9.97 Å². The third-order valence-corrected chi connectivity index (χ3v) is 7.73. The van der Waals surface area contributed by atoms with Crippen molar-refractivity contribution in [3.05, 3.63) is 64.6 Å². The first-order valence-corrected chi connectivity index (χ1v) is 12.2. The highest BCUT2D eigenvalue weighted by molar-refractivity contribution is 7.18. The third kappa shape index (κ3) is 3.49. The van der Waals surface area contributed by atoms with Gasteiger partial charge in [-0.2, -0.15) is 5.10 Å². The quantitative estimate of drug-likeness (QED) is 0.313. The number of thiophene rings is 1. The lowest BCUT2D eigenvalue weighted by atomic mass is 10.1. The number of hydrogen-bond donors (Lipinski definition) is 0. The van der Waals surface area contributed by atoms with Gasteiger partial charge in [0, 0.05) is 13.1 Å². The maximum Gasteiger partial charge on any atom is 0.255 e. The van der Waals surface area contributed by atoms with Crippen LogP contribution in [0.3, 0.4) is 0 Å². The average Bonchev–Trinajstić information content (AvgIpc) is 3.55. The highest BCUT2D eigenvalue weighted by atomic mass is 32.1. The number of para-hydroxylation sites is 1. The molecule has 0 aliphatic rings. The van der Waals surface area contributed by atoms with E-state index >= 15 is 0 Å². The van der Waals surface area contributed by atoms with Crippen LogP contribution in [0.5, 0.6) is 0 Å². The molecule has 0 aliphatic heterocycles. The zero-order valence-corrected chi connectivity index (χ0v) is 19.9.